The molecule has 0 aliphatic carbocycles. The molecular weight excluding hydrogens is 342 g/mol. The van der Waals surface area contributed by atoms with E-state index in [1.165, 1.54) is 5.56 Å². The van der Waals surface area contributed by atoms with E-state index in [1.807, 2.05) is 35.2 Å². The van der Waals surface area contributed by atoms with Crippen LogP contribution in [-0.2, 0) is 16.1 Å². The Morgan fingerprint density at radius 3 is 2.96 bits per heavy atom. The van der Waals surface area contributed by atoms with Crippen LogP contribution in [0.3, 0.4) is 0 Å². The molecule has 3 aromatic rings. The smallest absolute Gasteiger partial charge is 0.249 e. The highest BCUT2D eigenvalue weighted by Gasteiger charge is 2.31. The number of carbonyl (C=O) groups excluding carboxylic acids is 1. The van der Waals surface area contributed by atoms with Crippen LogP contribution in [0.25, 0.3) is 11.0 Å². The Morgan fingerprint density at radius 1 is 1.30 bits per heavy atom. The maximum Gasteiger partial charge on any atom is 0.249 e. The zero-order valence-corrected chi connectivity index (χ0v) is 15.3. The van der Waals surface area contributed by atoms with Crippen molar-refractivity contribution in [1.82, 2.24) is 20.1 Å². The van der Waals surface area contributed by atoms with Gasteiger partial charge < -0.3 is 15.0 Å². The Bertz CT molecular complexity index is 925. The van der Waals surface area contributed by atoms with E-state index >= 15 is 0 Å². The fraction of sp³-hybridized carbons (Fsp3) is 0.350. The third-order valence-electron chi connectivity index (χ3n) is 4.93. The number of amides is 1. The lowest BCUT2D eigenvalue weighted by molar-refractivity contribution is -0.136. The van der Waals surface area contributed by atoms with Crippen molar-refractivity contribution < 1.29 is 9.53 Å². The SMILES string of the molecule is COCC(=O)N1CCC[C@H]1c1ccc2c(NCc3ccccc3)n[nH]c2n1. The van der Waals surface area contributed by atoms with Crippen LogP contribution in [0.5, 0.6) is 0 Å². The van der Waals surface area contributed by atoms with Crippen LogP contribution < -0.4 is 5.32 Å². The van der Waals surface area contributed by atoms with Gasteiger partial charge in [-0.3, -0.25) is 9.89 Å². The lowest BCUT2D eigenvalue weighted by atomic mass is 10.1. The van der Waals surface area contributed by atoms with Crippen molar-refractivity contribution >= 4 is 22.8 Å². The van der Waals surface area contributed by atoms with Gasteiger partial charge in [-0.25, -0.2) is 4.98 Å². The summed E-state index contributed by atoms with van der Waals surface area (Å²) in [6.45, 7) is 1.56. The van der Waals surface area contributed by atoms with Gasteiger partial charge in [0.25, 0.3) is 0 Å². The van der Waals surface area contributed by atoms with Crippen LogP contribution in [0, 0.1) is 0 Å². The average Bonchev–Trinajstić information content (AvgIpc) is 3.34. The first-order valence-corrected chi connectivity index (χ1v) is 9.17. The number of anilines is 1. The van der Waals surface area contributed by atoms with Crippen molar-refractivity contribution in [3.63, 3.8) is 0 Å². The van der Waals surface area contributed by atoms with E-state index in [-0.39, 0.29) is 18.6 Å². The molecule has 0 spiro atoms. The lowest BCUT2D eigenvalue weighted by Crippen LogP contribution is -2.33. The summed E-state index contributed by atoms with van der Waals surface area (Å²) in [6.07, 6.45) is 1.90. The number of carbonyl (C=O) groups is 1. The Kier molecular flexibility index (Phi) is 5.02. The fourth-order valence-electron chi connectivity index (χ4n) is 3.60. The highest BCUT2D eigenvalue weighted by atomic mass is 16.5. The number of rotatable bonds is 6. The van der Waals surface area contributed by atoms with E-state index in [4.69, 9.17) is 9.72 Å². The molecule has 7 heteroatoms. The molecule has 1 aliphatic rings. The molecule has 3 heterocycles. The Balaban J connectivity index is 1.52. The van der Waals surface area contributed by atoms with Gasteiger partial charge in [0.1, 0.15) is 6.61 Å². The largest absolute Gasteiger partial charge is 0.375 e. The number of aromatic nitrogens is 3. The standard InChI is InChI=1S/C20H23N5O2/c1-27-13-18(26)25-11-5-8-17(25)16-10-9-15-19(23-24-20(15)22-16)21-12-14-6-3-2-4-7-14/h2-4,6-7,9-10,17H,5,8,11-13H2,1H3,(H2,21,22,23,24)/t17-/m0/s1. The van der Waals surface area contributed by atoms with E-state index in [1.54, 1.807) is 7.11 Å². The van der Waals surface area contributed by atoms with Gasteiger partial charge in [-0.2, -0.15) is 5.10 Å². The minimum atomic E-state index is 0.000998. The molecule has 2 N–H and O–H groups in total. The molecular formula is C20H23N5O2. The molecule has 1 atom stereocenters. The predicted octanol–water partition coefficient (Wildman–Crippen LogP) is 2.88. The molecule has 1 aliphatic heterocycles. The molecule has 27 heavy (non-hydrogen) atoms. The summed E-state index contributed by atoms with van der Waals surface area (Å²) in [5.74, 6) is 0.795. The van der Waals surface area contributed by atoms with Crippen molar-refractivity contribution in [3.8, 4) is 0 Å². The van der Waals surface area contributed by atoms with Crippen molar-refractivity contribution in [2.24, 2.45) is 0 Å². The van der Waals surface area contributed by atoms with E-state index in [0.717, 1.165) is 41.9 Å². The number of fused-ring (bicyclic) bond motifs is 1. The first-order valence-electron chi connectivity index (χ1n) is 9.17. The van der Waals surface area contributed by atoms with E-state index in [9.17, 15) is 4.79 Å². The molecule has 7 nitrogen and oxygen atoms in total. The molecule has 2 aromatic heterocycles. The molecule has 1 fully saturated rings. The van der Waals surface area contributed by atoms with Crippen LogP contribution in [0.15, 0.2) is 42.5 Å². The number of H-pyrrole nitrogens is 1. The summed E-state index contributed by atoms with van der Waals surface area (Å²) in [6, 6.07) is 14.2. The first-order chi connectivity index (χ1) is 13.3. The quantitative estimate of drug-likeness (QED) is 0.702. The third kappa shape index (κ3) is 3.64. The Hall–Kier alpha value is -2.93. The number of hydrogen-bond donors (Lipinski definition) is 2. The van der Waals surface area contributed by atoms with E-state index in [0.29, 0.717) is 6.54 Å². The second-order valence-corrected chi connectivity index (χ2v) is 6.72. The zero-order chi connectivity index (χ0) is 18.6. The lowest BCUT2D eigenvalue weighted by Gasteiger charge is -2.24. The van der Waals surface area contributed by atoms with Crippen molar-refractivity contribution in [2.45, 2.75) is 25.4 Å². The number of hydrogen-bond acceptors (Lipinski definition) is 5. The Morgan fingerprint density at radius 2 is 2.15 bits per heavy atom. The van der Waals surface area contributed by atoms with Crippen LogP contribution >= 0.6 is 0 Å². The van der Waals surface area contributed by atoms with Crippen molar-refractivity contribution in [1.29, 1.82) is 0 Å². The fourth-order valence-corrected chi connectivity index (χ4v) is 3.60. The number of nitrogens with zero attached hydrogens (tertiary/aromatic N) is 3. The number of likely N-dealkylation sites (tertiary alicyclic amines) is 1. The van der Waals surface area contributed by atoms with Gasteiger partial charge in [0.15, 0.2) is 11.5 Å². The van der Waals surface area contributed by atoms with Crippen LogP contribution in [0.1, 0.15) is 30.1 Å². The molecule has 0 unspecified atom stereocenters. The van der Waals surface area contributed by atoms with Gasteiger partial charge in [-0.1, -0.05) is 30.3 Å². The van der Waals surface area contributed by atoms with Gasteiger partial charge in [-0.15, -0.1) is 0 Å². The highest BCUT2D eigenvalue weighted by Crippen LogP contribution is 2.32. The Labute approximate surface area is 157 Å². The maximum atomic E-state index is 12.3. The molecule has 1 saturated heterocycles. The van der Waals surface area contributed by atoms with Gasteiger partial charge in [0, 0.05) is 20.2 Å². The minimum absolute atomic E-state index is 0.000998. The van der Waals surface area contributed by atoms with Crippen molar-refractivity contribution in [2.75, 3.05) is 25.6 Å². The number of benzene rings is 1. The second kappa shape index (κ2) is 7.75. The second-order valence-electron chi connectivity index (χ2n) is 6.72. The third-order valence-corrected chi connectivity index (χ3v) is 4.93. The van der Waals surface area contributed by atoms with Crippen LogP contribution in [0.4, 0.5) is 5.82 Å². The van der Waals surface area contributed by atoms with E-state index in [2.05, 4.69) is 27.6 Å². The summed E-state index contributed by atoms with van der Waals surface area (Å²) in [5, 5.41) is 11.7. The van der Waals surface area contributed by atoms with Gasteiger partial charge in [0.05, 0.1) is 17.1 Å². The molecule has 140 valence electrons. The monoisotopic (exact) mass is 365 g/mol. The van der Waals surface area contributed by atoms with Crippen LogP contribution in [-0.4, -0.2) is 46.2 Å². The van der Waals surface area contributed by atoms with Crippen LogP contribution in [0.2, 0.25) is 0 Å². The van der Waals surface area contributed by atoms with Gasteiger partial charge >= 0.3 is 0 Å². The molecule has 4 rings (SSSR count). The van der Waals surface area contributed by atoms with Gasteiger partial charge in [0.2, 0.25) is 5.91 Å². The summed E-state index contributed by atoms with van der Waals surface area (Å²) in [4.78, 5) is 18.9. The normalized spacial score (nSPS) is 16.8. The highest BCUT2D eigenvalue weighted by molar-refractivity contribution is 5.87. The molecule has 1 aromatic carbocycles. The number of pyridine rings is 1. The number of nitrogens with one attached hydrogen (secondary N) is 2. The average molecular weight is 365 g/mol. The number of ether oxygens (including phenoxy) is 1. The first kappa shape index (κ1) is 17.5. The minimum Gasteiger partial charge on any atom is -0.375 e. The number of methoxy groups -OCH3 is 1. The van der Waals surface area contributed by atoms with Crippen molar-refractivity contribution in [3.05, 3.63) is 53.7 Å². The molecule has 0 saturated carbocycles. The van der Waals surface area contributed by atoms with E-state index < -0.39 is 0 Å². The predicted molar refractivity (Wildman–Crippen MR) is 103 cm³/mol. The molecule has 0 bridgehead atoms. The summed E-state index contributed by atoms with van der Waals surface area (Å²) in [7, 11) is 1.54. The molecule has 0 radical (unpaired) electrons. The van der Waals surface area contributed by atoms with Gasteiger partial charge in [-0.05, 0) is 30.5 Å². The zero-order valence-electron chi connectivity index (χ0n) is 15.3. The maximum absolute atomic E-state index is 12.3. The summed E-state index contributed by atoms with van der Waals surface area (Å²) < 4.78 is 5.00. The topological polar surface area (TPSA) is 83.1 Å². The summed E-state index contributed by atoms with van der Waals surface area (Å²) >= 11 is 0. The molecule has 1 amide bonds. The number of aromatic amines is 1. The summed E-state index contributed by atoms with van der Waals surface area (Å²) in [5.41, 5.74) is 2.81.